The van der Waals surface area contributed by atoms with E-state index in [1.807, 2.05) is 36.4 Å². The number of benzene rings is 3. The van der Waals surface area contributed by atoms with E-state index in [-0.39, 0.29) is 24.9 Å². The molecule has 1 amide bonds. The van der Waals surface area contributed by atoms with Crippen molar-refractivity contribution in [2.24, 2.45) is 0 Å². The van der Waals surface area contributed by atoms with Crippen molar-refractivity contribution in [3.8, 4) is 0 Å². The largest absolute Gasteiger partial charge is 0.481 e. The van der Waals surface area contributed by atoms with Crippen molar-refractivity contribution in [1.82, 2.24) is 10.6 Å². The van der Waals surface area contributed by atoms with Gasteiger partial charge in [-0.1, -0.05) is 73.8 Å². The van der Waals surface area contributed by atoms with Crippen molar-refractivity contribution < 1.29 is 19.8 Å². The van der Waals surface area contributed by atoms with Gasteiger partial charge in [0.2, 0.25) is 0 Å². The van der Waals surface area contributed by atoms with E-state index in [1.165, 1.54) is 37.7 Å². The van der Waals surface area contributed by atoms with Gasteiger partial charge in [-0.15, -0.1) is 0 Å². The Morgan fingerprint density at radius 3 is 2.17 bits per heavy atom. The molecule has 7 nitrogen and oxygen atoms in total. The molecule has 0 heterocycles. The lowest BCUT2D eigenvalue weighted by Crippen LogP contribution is -2.32. The van der Waals surface area contributed by atoms with Gasteiger partial charge < -0.3 is 25.7 Å². The number of aliphatic hydroxyl groups excluding tert-OH is 1. The van der Waals surface area contributed by atoms with Gasteiger partial charge >= 0.3 is 5.97 Å². The number of carboxylic acid groups (broad SMARTS) is 1. The lowest BCUT2D eigenvalue weighted by molar-refractivity contribution is -0.136. The number of nitrogens with one attached hydrogen (secondary N) is 2. The van der Waals surface area contributed by atoms with Crippen molar-refractivity contribution in [3.63, 3.8) is 0 Å². The van der Waals surface area contributed by atoms with Crippen molar-refractivity contribution in [2.45, 2.75) is 64.0 Å². The molecule has 4 rings (SSSR count). The van der Waals surface area contributed by atoms with Crippen molar-refractivity contribution in [3.05, 3.63) is 112 Å². The van der Waals surface area contributed by atoms with Crippen LogP contribution in [0.15, 0.2) is 85.2 Å². The summed E-state index contributed by atoms with van der Waals surface area (Å²) in [5.74, 6) is 0.174. The first-order valence-corrected chi connectivity index (χ1v) is 14.8. The summed E-state index contributed by atoms with van der Waals surface area (Å²) in [7, 11) is 1.00. The summed E-state index contributed by atoms with van der Waals surface area (Å²) in [6.07, 6.45) is 6.34. The highest BCUT2D eigenvalue weighted by atomic mass is 35.5. The number of halogens is 1. The quantitative estimate of drug-likeness (QED) is 0.180. The molecule has 1 fully saturated rings. The SMILES string of the molecule is C=C(NC(C)c1ccc(Cl)cc1)N(Cc1ccc(C(=O)NCCC(=O)O)cc1)c1ccc(C2CCCCC2)cc1.CO. The Kier molecular flexibility index (Phi) is 12.9. The van der Waals surface area contributed by atoms with Gasteiger partial charge in [-0.2, -0.15) is 0 Å². The Bertz CT molecular complexity index is 1290. The van der Waals surface area contributed by atoms with E-state index in [0.29, 0.717) is 23.0 Å². The summed E-state index contributed by atoms with van der Waals surface area (Å²) >= 11 is 6.08. The van der Waals surface area contributed by atoms with Crippen LogP contribution in [0.25, 0.3) is 0 Å². The third-order valence-corrected chi connectivity index (χ3v) is 7.79. The molecule has 42 heavy (non-hydrogen) atoms. The molecule has 0 radical (unpaired) electrons. The van der Waals surface area contributed by atoms with Crippen LogP contribution in [0.2, 0.25) is 5.02 Å². The minimum absolute atomic E-state index is 0.0191. The van der Waals surface area contributed by atoms with Gasteiger partial charge in [-0.3, -0.25) is 9.59 Å². The smallest absolute Gasteiger partial charge is 0.305 e. The molecule has 0 bridgehead atoms. The number of carbonyl (C=O) groups is 2. The van der Waals surface area contributed by atoms with Crippen LogP contribution in [-0.4, -0.2) is 35.7 Å². The summed E-state index contributed by atoms with van der Waals surface area (Å²) in [5, 5.41) is 22.7. The summed E-state index contributed by atoms with van der Waals surface area (Å²) in [4.78, 5) is 25.3. The molecule has 0 saturated heterocycles. The van der Waals surface area contributed by atoms with E-state index in [1.54, 1.807) is 12.1 Å². The lowest BCUT2D eigenvalue weighted by Gasteiger charge is -2.31. The molecular weight excluding hydrogens is 550 g/mol. The van der Waals surface area contributed by atoms with Crippen LogP contribution in [0.4, 0.5) is 5.69 Å². The van der Waals surface area contributed by atoms with Gasteiger partial charge in [0.25, 0.3) is 5.91 Å². The van der Waals surface area contributed by atoms with Crippen LogP contribution in [0.3, 0.4) is 0 Å². The van der Waals surface area contributed by atoms with Crippen LogP contribution in [0.1, 0.15) is 84.5 Å². The molecule has 0 aliphatic heterocycles. The second-order valence-corrected chi connectivity index (χ2v) is 10.9. The summed E-state index contributed by atoms with van der Waals surface area (Å²) in [5.41, 5.74) is 5.05. The monoisotopic (exact) mass is 591 g/mol. The molecule has 1 atom stereocenters. The Hall–Kier alpha value is -3.81. The first-order chi connectivity index (χ1) is 20.3. The van der Waals surface area contributed by atoms with Crippen molar-refractivity contribution in [2.75, 3.05) is 18.6 Å². The normalized spacial score (nSPS) is 13.7. The first kappa shape index (κ1) is 32.7. The topological polar surface area (TPSA) is 102 Å². The van der Waals surface area contributed by atoms with E-state index in [0.717, 1.165) is 29.7 Å². The number of carboxylic acids is 1. The predicted molar refractivity (Wildman–Crippen MR) is 170 cm³/mol. The predicted octanol–water partition coefficient (Wildman–Crippen LogP) is 7.03. The fourth-order valence-corrected chi connectivity index (χ4v) is 5.32. The molecular formula is C34H42ClN3O4. The van der Waals surface area contributed by atoms with Gasteiger partial charge in [0.15, 0.2) is 0 Å². The van der Waals surface area contributed by atoms with E-state index < -0.39 is 5.97 Å². The number of rotatable bonds is 12. The van der Waals surface area contributed by atoms with Crippen molar-refractivity contribution >= 4 is 29.2 Å². The summed E-state index contributed by atoms with van der Waals surface area (Å²) in [6.45, 7) is 7.14. The van der Waals surface area contributed by atoms with E-state index in [9.17, 15) is 9.59 Å². The second-order valence-electron chi connectivity index (χ2n) is 10.5. The molecule has 1 aliphatic rings. The average Bonchev–Trinajstić information content (AvgIpc) is 3.01. The van der Waals surface area contributed by atoms with Crippen LogP contribution in [-0.2, 0) is 11.3 Å². The number of aliphatic carboxylic acids is 1. The third-order valence-electron chi connectivity index (χ3n) is 7.54. The zero-order chi connectivity index (χ0) is 30.5. The van der Waals surface area contributed by atoms with Gasteiger partial charge in [0.1, 0.15) is 0 Å². The molecule has 0 spiro atoms. The molecule has 3 aromatic carbocycles. The van der Waals surface area contributed by atoms with Gasteiger partial charge in [0, 0.05) is 42.5 Å². The Morgan fingerprint density at radius 2 is 1.57 bits per heavy atom. The molecule has 8 heteroatoms. The van der Waals surface area contributed by atoms with E-state index in [4.69, 9.17) is 21.8 Å². The average molecular weight is 592 g/mol. The molecule has 224 valence electrons. The minimum Gasteiger partial charge on any atom is -0.481 e. The van der Waals surface area contributed by atoms with E-state index >= 15 is 0 Å². The minimum atomic E-state index is -0.943. The zero-order valence-electron chi connectivity index (χ0n) is 24.5. The van der Waals surface area contributed by atoms with Crippen LogP contribution in [0, 0.1) is 0 Å². The highest BCUT2D eigenvalue weighted by molar-refractivity contribution is 6.30. The summed E-state index contributed by atoms with van der Waals surface area (Å²) < 4.78 is 0. The van der Waals surface area contributed by atoms with E-state index in [2.05, 4.69) is 53.3 Å². The number of carbonyl (C=O) groups excluding carboxylic acids is 1. The fourth-order valence-electron chi connectivity index (χ4n) is 5.20. The standard InChI is InChI=1S/C33H38ClN3O3.CH4O/c1-23(26-12-16-30(34)17-13-26)36-24(2)37(31-18-14-28(15-19-31)27-6-4-3-5-7-27)22-25-8-10-29(11-9-25)33(40)35-21-20-32(38)39;1-2/h8-19,23,27,36H,2-7,20-22H2,1H3,(H,35,40)(H,38,39);2H,1H3. The molecule has 1 saturated carbocycles. The molecule has 4 N–H and O–H groups in total. The van der Waals surface area contributed by atoms with Crippen molar-refractivity contribution in [1.29, 1.82) is 0 Å². The van der Waals surface area contributed by atoms with Crippen LogP contribution < -0.4 is 15.5 Å². The molecule has 1 aliphatic carbocycles. The number of aliphatic hydroxyl groups is 1. The third kappa shape index (κ3) is 9.64. The van der Waals surface area contributed by atoms with Crippen LogP contribution >= 0.6 is 11.6 Å². The van der Waals surface area contributed by atoms with Gasteiger partial charge in [0.05, 0.1) is 12.2 Å². The first-order valence-electron chi connectivity index (χ1n) is 14.4. The maximum atomic E-state index is 12.4. The Morgan fingerprint density at radius 1 is 0.952 bits per heavy atom. The van der Waals surface area contributed by atoms with Crippen LogP contribution in [0.5, 0.6) is 0 Å². The lowest BCUT2D eigenvalue weighted by atomic mass is 9.84. The number of hydrogen-bond acceptors (Lipinski definition) is 5. The zero-order valence-corrected chi connectivity index (χ0v) is 25.2. The van der Waals surface area contributed by atoms with Gasteiger partial charge in [-0.25, -0.2) is 0 Å². The molecule has 3 aromatic rings. The maximum absolute atomic E-state index is 12.4. The number of amides is 1. The number of nitrogens with zero attached hydrogens (tertiary/aromatic N) is 1. The summed E-state index contributed by atoms with van der Waals surface area (Å²) in [6, 6.07) is 24.0. The fraction of sp³-hybridized carbons (Fsp3) is 0.353. The number of hydrogen-bond donors (Lipinski definition) is 4. The maximum Gasteiger partial charge on any atom is 0.305 e. The number of anilines is 1. The Balaban J connectivity index is 0.00000237. The molecule has 1 unspecified atom stereocenters. The Labute approximate surface area is 254 Å². The van der Waals surface area contributed by atoms with Gasteiger partial charge in [-0.05, 0) is 78.8 Å². The second kappa shape index (κ2) is 16.6. The highest BCUT2D eigenvalue weighted by Crippen LogP contribution is 2.34. The molecule has 0 aromatic heterocycles. The highest BCUT2D eigenvalue weighted by Gasteiger charge is 2.18.